The maximum absolute atomic E-state index is 14.7. The lowest BCUT2D eigenvalue weighted by Gasteiger charge is -2.39. The van der Waals surface area contributed by atoms with Gasteiger partial charge < -0.3 is 15.1 Å². The van der Waals surface area contributed by atoms with Gasteiger partial charge in [-0.15, -0.1) is 0 Å². The third kappa shape index (κ3) is 8.09. The van der Waals surface area contributed by atoms with Crippen LogP contribution in [-0.4, -0.2) is 76.0 Å². The molecular weight excluding hydrogens is 569 g/mol. The number of likely N-dealkylation sites (N-methyl/N-ethyl adjacent to an activating group) is 1. The van der Waals surface area contributed by atoms with E-state index in [1.54, 1.807) is 30.6 Å². The highest BCUT2D eigenvalue weighted by molar-refractivity contribution is 6.33. The zero-order valence-corrected chi connectivity index (χ0v) is 26.3. The Morgan fingerprint density at radius 2 is 1.77 bits per heavy atom. The highest BCUT2D eigenvalue weighted by Gasteiger charge is 2.28. The van der Waals surface area contributed by atoms with Gasteiger partial charge >= 0.3 is 0 Å². The Morgan fingerprint density at radius 3 is 2.30 bits per heavy atom. The van der Waals surface area contributed by atoms with Crippen LogP contribution in [0.1, 0.15) is 63.4 Å². The van der Waals surface area contributed by atoms with Crippen molar-refractivity contribution in [3.05, 3.63) is 77.1 Å². The number of carbonyl (C=O) groups is 2. The Labute approximate surface area is 257 Å². The first kappa shape index (κ1) is 33.5. The zero-order chi connectivity index (χ0) is 31.7. The maximum atomic E-state index is 14.7. The van der Waals surface area contributed by atoms with E-state index >= 15 is 0 Å². The van der Waals surface area contributed by atoms with E-state index in [1.165, 1.54) is 12.1 Å². The third-order valence-corrected chi connectivity index (χ3v) is 7.38. The van der Waals surface area contributed by atoms with Crippen molar-refractivity contribution in [2.24, 2.45) is 4.99 Å². The van der Waals surface area contributed by atoms with Crippen LogP contribution >= 0.6 is 11.6 Å². The van der Waals surface area contributed by atoms with Crippen LogP contribution in [-0.2, 0) is 9.59 Å². The number of aliphatic imine (C=N–C) groups is 1. The van der Waals surface area contributed by atoms with Crippen LogP contribution in [0.3, 0.4) is 0 Å². The molecule has 1 N–H and O–H groups in total. The quantitative estimate of drug-likeness (QED) is 0.140. The highest BCUT2D eigenvalue weighted by atomic mass is 35.5. The third-order valence-electron chi connectivity index (χ3n) is 7.09. The van der Waals surface area contributed by atoms with E-state index in [0.29, 0.717) is 42.9 Å². The van der Waals surface area contributed by atoms with Crippen LogP contribution in [0.4, 0.5) is 15.9 Å². The number of nitrogens with one attached hydrogen (secondary N) is 1. The predicted molar refractivity (Wildman–Crippen MR) is 171 cm³/mol. The number of aldehydes is 1. The van der Waals surface area contributed by atoms with E-state index in [2.05, 4.69) is 78.3 Å². The van der Waals surface area contributed by atoms with Gasteiger partial charge in [-0.3, -0.25) is 9.59 Å². The molecule has 1 amide bonds. The normalized spacial score (nSPS) is 15.6. The van der Waals surface area contributed by atoms with E-state index in [4.69, 9.17) is 21.4 Å². The summed E-state index contributed by atoms with van der Waals surface area (Å²) >= 11 is 6.76. The summed E-state index contributed by atoms with van der Waals surface area (Å²) in [6.07, 6.45) is 3.97. The first-order chi connectivity index (χ1) is 20.5. The molecule has 1 atom stereocenters. The number of hydrogen-bond donors (Lipinski definition) is 1. The number of amides is 1. The van der Waals surface area contributed by atoms with Gasteiger partial charge in [0.25, 0.3) is 0 Å². The summed E-state index contributed by atoms with van der Waals surface area (Å²) in [7, 11) is 2.10. The van der Waals surface area contributed by atoms with Gasteiger partial charge in [0.15, 0.2) is 0 Å². The molecule has 228 valence electrons. The number of amidine groups is 1. The lowest BCUT2D eigenvalue weighted by Crippen LogP contribution is -2.52. The van der Waals surface area contributed by atoms with Crippen molar-refractivity contribution in [3.8, 4) is 11.3 Å². The number of pyridine rings is 1. The number of hydrogen-bond acceptors (Lipinski definition) is 7. The van der Waals surface area contributed by atoms with Gasteiger partial charge in [0.1, 0.15) is 35.8 Å². The SMILES string of the molecule is C=CC=O.CC(C)c1ncnc(C(C)C)c1N=C(c1cc(Cl)c(-c2ccccc2F)nc1NC=O)N1CCN(C)[C@@H](C)C1. The second-order valence-electron chi connectivity index (χ2n) is 10.8. The summed E-state index contributed by atoms with van der Waals surface area (Å²) in [6, 6.07) is 8.24. The van der Waals surface area contributed by atoms with E-state index in [-0.39, 0.29) is 40.0 Å². The van der Waals surface area contributed by atoms with Crippen LogP contribution in [0.5, 0.6) is 0 Å². The smallest absolute Gasteiger partial charge is 0.212 e. The van der Waals surface area contributed by atoms with Gasteiger partial charge in [0.05, 0.1) is 27.7 Å². The fraction of sp³-hybridized carbons (Fsp3) is 0.375. The molecule has 0 unspecified atom stereocenters. The summed E-state index contributed by atoms with van der Waals surface area (Å²) in [5, 5.41) is 2.96. The molecule has 1 aromatic carbocycles. The Bertz CT molecular complexity index is 1450. The average molecular weight is 608 g/mol. The molecule has 1 aliphatic rings. The van der Waals surface area contributed by atoms with E-state index < -0.39 is 5.82 Å². The molecule has 1 aliphatic heterocycles. The number of aromatic nitrogens is 3. The number of nitrogens with zero attached hydrogens (tertiary/aromatic N) is 6. The van der Waals surface area contributed by atoms with Crippen LogP contribution < -0.4 is 5.32 Å². The zero-order valence-electron chi connectivity index (χ0n) is 25.5. The summed E-state index contributed by atoms with van der Waals surface area (Å²) < 4.78 is 14.7. The lowest BCUT2D eigenvalue weighted by molar-refractivity contribution is -0.105. The lowest BCUT2D eigenvalue weighted by atomic mass is 10.0. The molecule has 11 heteroatoms. The van der Waals surface area contributed by atoms with Gasteiger partial charge in [0, 0.05) is 31.2 Å². The molecule has 4 rings (SSSR count). The van der Waals surface area contributed by atoms with Crippen LogP contribution in [0.15, 0.2) is 54.3 Å². The molecule has 0 radical (unpaired) electrons. The topological polar surface area (TPSA) is 104 Å². The van der Waals surface area contributed by atoms with Crippen molar-refractivity contribution in [2.45, 2.75) is 52.5 Å². The number of piperazine rings is 1. The van der Waals surface area contributed by atoms with Crippen molar-refractivity contribution < 1.29 is 14.0 Å². The van der Waals surface area contributed by atoms with E-state index in [0.717, 1.165) is 17.9 Å². The minimum absolute atomic E-state index is 0.106. The van der Waals surface area contributed by atoms with Gasteiger partial charge in [0.2, 0.25) is 6.41 Å². The van der Waals surface area contributed by atoms with Crippen LogP contribution in [0.2, 0.25) is 5.02 Å². The Morgan fingerprint density at radius 1 is 1.14 bits per heavy atom. The molecule has 2 aromatic heterocycles. The van der Waals surface area contributed by atoms with Gasteiger partial charge in [-0.25, -0.2) is 24.3 Å². The molecule has 9 nitrogen and oxygen atoms in total. The number of allylic oxidation sites excluding steroid dienone is 1. The van der Waals surface area contributed by atoms with Crippen molar-refractivity contribution in [3.63, 3.8) is 0 Å². The molecule has 0 bridgehead atoms. The van der Waals surface area contributed by atoms with Crippen LogP contribution in [0.25, 0.3) is 11.3 Å². The Hall–Kier alpha value is -4.02. The molecule has 0 aliphatic carbocycles. The number of carbonyl (C=O) groups excluding carboxylic acids is 2. The molecule has 1 saturated heterocycles. The maximum Gasteiger partial charge on any atom is 0.212 e. The first-order valence-electron chi connectivity index (χ1n) is 14.1. The second-order valence-corrected chi connectivity index (χ2v) is 11.2. The second kappa shape index (κ2) is 15.5. The largest absolute Gasteiger partial charge is 0.353 e. The number of benzene rings is 1. The highest BCUT2D eigenvalue weighted by Crippen LogP contribution is 2.36. The molecule has 0 spiro atoms. The summed E-state index contributed by atoms with van der Waals surface area (Å²) in [5.74, 6) is 0.603. The Balaban J connectivity index is 0.00000119. The van der Waals surface area contributed by atoms with Crippen LogP contribution in [0, 0.1) is 5.82 Å². The van der Waals surface area contributed by atoms with Crippen molar-refractivity contribution >= 4 is 41.6 Å². The molecule has 3 aromatic rings. The van der Waals surface area contributed by atoms with Gasteiger partial charge in [-0.2, -0.15) is 0 Å². The molecule has 1 fully saturated rings. The number of anilines is 1. The monoisotopic (exact) mass is 607 g/mol. The number of rotatable bonds is 8. The molecule has 0 saturated carbocycles. The van der Waals surface area contributed by atoms with Crippen molar-refractivity contribution in [1.29, 1.82) is 0 Å². The summed E-state index contributed by atoms with van der Waals surface area (Å²) in [6.45, 7) is 15.8. The molecule has 3 heterocycles. The van der Waals surface area contributed by atoms with E-state index in [9.17, 15) is 9.18 Å². The van der Waals surface area contributed by atoms with Gasteiger partial charge in [-0.05, 0) is 50.1 Å². The summed E-state index contributed by atoms with van der Waals surface area (Å²) in [4.78, 5) is 44.3. The minimum atomic E-state index is -0.455. The van der Waals surface area contributed by atoms with E-state index in [1.807, 2.05) is 0 Å². The molecule has 43 heavy (non-hydrogen) atoms. The van der Waals surface area contributed by atoms with Gasteiger partial charge in [-0.1, -0.05) is 58.0 Å². The first-order valence-corrected chi connectivity index (χ1v) is 14.5. The minimum Gasteiger partial charge on any atom is -0.353 e. The predicted octanol–water partition coefficient (Wildman–Crippen LogP) is 6.23. The Kier molecular flexibility index (Phi) is 12.0. The number of halogens is 2. The standard InChI is InChI=1S/C29H35ClFN7O.C3H4O/c1-17(2)24-27(25(18(3)4)33-15-32-24)36-29(38-12-11-37(6)19(5)14-38)21-13-22(30)26(35-28(21)34-16-39)20-9-7-8-10-23(20)31;1-2-3-4/h7-10,13,15-19H,11-12,14H2,1-6H3,(H,34,35,39);2-3H,1H2/t19-;/m0./s1. The van der Waals surface area contributed by atoms with Crippen molar-refractivity contribution in [1.82, 2.24) is 24.8 Å². The average Bonchev–Trinajstić information content (AvgIpc) is 2.98. The van der Waals surface area contributed by atoms with Crippen molar-refractivity contribution in [2.75, 3.05) is 32.0 Å². The fourth-order valence-corrected chi connectivity index (χ4v) is 4.93. The fourth-order valence-electron chi connectivity index (χ4n) is 4.68. The molecular formula is C32H39ClFN7O2. The summed E-state index contributed by atoms with van der Waals surface area (Å²) in [5.41, 5.74) is 3.39.